The summed E-state index contributed by atoms with van der Waals surface area (Å²) in [6.45, 7) is 3.00. The summed E-state index contributed by atoms with van der Waals surface area (Å²) in [5.74, 6) is 1.66. The number of benzene rings is 2. The lowest BCUT2D eigenvalue weighted by atomic mass is 9.94. The van der Waals surface area contributed by atoms with Gasteiger partial charge in [0, 0.05) is 25.8 Å². The van der Waals surface area contributed by atoms with E-state index in [1.807, 2.05) is 30.3 Å². The quantitative estimate of drug-likeness (QED) is 0.733. The molecule has 1 N–H and O–H groups in total. The van der Waals surface area contributed by atoms with Crippen LogP contribution in [0.5, 0.6) is 0 Å². The number of hydrogen-bond donors (Lipinski definition) is 1. The molecule has 0 unspecified atom stereocenters. The number of imidazole rings is 1. The summed E-state index contributed by atoms with van der Waals surface area (Å²) in [7, 11) is -3.13. The third kappa shape index (κ3) is 4.39. The summed E-state index contributed by atoms with van der Waals surface area (Å²) in [5.41, 5.74) is 3.30. The lowest BCUT2D eigenvalue weighted by molar-refractivity contribution is 0.166. The molecule has 0 saturated carbocycles. The van der Waals surface area contributed by atoms with Crippen molar-refractivity contribution in [3.63, 3.8) is 0 Å². The standard InChI is InChI=1S/C21H25N3O2S/c1-27(25,26)18-10-8-16(9-11-18)14-24-12-4-5-17(15-24)13-21-22-19-6-2-3-7-20(19)23-21/h2-3,6-11,17H,4-5,12-15H2,1H3,(H,22,23)/t17-/m1/s1. The van der Waals surface area contributed by atoms with Crippen LogP contribution in [0.2, 0.25) is 0 Å². The van der Waals surface area contributed by atoms with E-state index < -0.39 is 9.84 Å². The van der Waals surface area contributed by atoms with Crippen LogP contribution in [0.4, 0.5) is 0 Å². The van der Waals surface area contributed by atoms with Crippen molar-refractivity contribution in [1.82, 2.24) is 14.9 Å². The number of para-hydroxylation sites is 2. The van der Waals surface area contributed by atoms with Crippen LogP contribution in [0.3, 0.4) is 0 Å². The van der Waals surface area contributed by atoms with Gasteiger partial charge in [-0.1, -0.05) is 24.3 Å². The SMILES string of the molecule is CS(=O)(=O)c1ccc(CN2CCC[C@H](Cc3nc4ccccc4[nH]3)C2)cc1. The van der Waals surface area contributed by atoms with Crippen molar-refractivity contribution in [3.05, 3.63) is 59.9 Å². The van der Waals surface area contributed by atoms with Crippen LogP contribution in [-0.2, 0) is 22.8 Å². The molecule has 1 fully saturated rings. The minimum Gasteiger partial charge on any atom is -0.342 e. The van der Waals surface area contributed by atoms with E-state index in [0.717, 1.165) is 48.5 Å². The van der Waals surface area contributed by atoms with E-state index in [4.69, 9.17) is 4.98 Å². The fourth-order valence-electron chi connectivity index (χ4n) is 3.94. The molecule has 27 heavy (non-hydrogen) atoms. The largest absolute Gasteiger partial charge is 0.342 e. The molecule has 1 aliphatic heterocycles. The van der Waals surface area contributed by atoms with Crippen LogP contribution in [-0.4, -0.2) is 42.6 Å². The van der Waals surface area contributed by atoms with Gasteiger partial charge in [-0.25, -0.2) is 13.4 Å². The number of rotatable bonds is 5. The van der Waals surface area contributed by atoms with Crippen molar-refractivity contribution in [3.8, 4) is 0 Å². The van der Waals surface area contributed by atoms with Crippen molar-refractivity contribution in [2.24, 2.45) is 5.92 Å². The zero-order chi connectivity index (χ0) is 18.9. The Bertz CT molecular complexity index is 992. The fourth-order valence-corrected chi connectivity index (χ4v) is 4.57. The second kappa shape index (κ2) is 7.44. The van der Waals surface area contributed by atoms with E-state index >= 15 is 0 Å². The van der Waals surface area contributed by atoms with Gasteiger partial charge < -0.3 is 4.98 Å². The smallest absolute Gasteiger partial charge is 0.175 e. The maximum absolute atomic E-state index is 11.6. The first-order valence-electron chi connectivity index (χ1n) is 9.42. The van der Waals surface area contributed by atoms with Gasteiger partial charge in [0.05, 0.1) is 15.9 Å². The average Bonchev–Trinajstić information content (AvgIpc) is 3.04. The van der Waals surface area contributed by atoms with Crippen LogP contribution in [0.25, 0.3) is 11.0 Å². The molecule has 1 atom stereocenters. The highest BCUT2D eigenvalue weighted by molar-refractivity contribution is 7.90. The molecule has 2 aromatic carbocycles. The van der Waals surface area contributed by atoms with Crippen LogP contribution < -0.4 is 0 Å². The fraction of sp³-hybridized carbons (Fsp3) is 0.381. The van der Waals surface area contributed by atoms with Gasteiger partial charge in [-0.15, -0.1) is 0 Å². The number of hydrogen-bond acceptors (Lipinski definition) is 4. The number of H-pyrrole nitrogens is 1. The van der Waals surface area contributed by atoms with E-state index in [-0.39, 0.29) is 0 Å². The second-order valence-electron chi connectivity index (χ2n) is 7.56. The molecule has 0 bridgehead atoms. The molecule has 0 spiro atoms. The molecule has 142 valence electrons. The molecule has 1 aliphatic rings. The molecule has 0 aliphatic carbocycles. The highest BCUT2D eigenvalue weighted by Crippen LogP contribution is 2.23. The Morgan fingerprint density at radius 1 is 1.15 bits per heavy atom. The Balaban J connectivity index is 1.39. The molecule has 5 nitrogen and oxygen atoms in total. The molecule has 1 aromatic heterocycles. The van der Waals surface area contributed by atoms with E-state index in [0.29, 0.717) is 10.8 Å². The van der Waals surface area contributed by atoms with Crippen molar-refractivity contribution in [1.29, 1.82) is 0 Å². The summed E-state index contributed by atoms with van der Waals surface area (Å²) in [5, 5.41) is 0. The van der Waals surface area contributed by atoms with Crippen LogP contribution in [0.15, 0.2) is 53.4 Å². The minimum absolute atomic E-state index is 0.382. The van der Waals surface area contributed by atoms with Crippen molar-refractivity contribution < 1.29 is 8.42 Å². The maximum atomic E-state index is 11.6. The van der Waals surface area contributed by atoms with Crippen LogP contribution in [0, 0.1) is 5.92 Å². The number of piperidine rings is 1. The molecule has 0 amide bonds. The monoisotopic (exact) mass is 383 g/mol. The van der Waals surface area contributed by atoms with Gasteiger partial charge in [-0.05, 0) is 55.1 Å². The summed E-state index contributed by atoms with van der Waals surface area (Å²) >= 11 is 0. The summed E-state index contributed by atoms with van der Waals surface area (Å²) in [6, 6.07) is 15.4. The number of aromatic amines is 1. The molecular formula is C21H25N3O2S. The normalized spacial score (nSPS) is 18.8. The molecular weight excluding hydrogens is 358 g/mol. The molecule has 6 heteroatoms. The van der Waals surface area contributed by atoms with E-state index in [9.17, 15) is 8.42 Å². The zero-order valence-electron chi connectivity index (χ0n) is 15.6. The van der Waals surface area contributed by atoms with E-state index in [1.54, 1.807) is 12.1 Å². The number of nitrogens with zero attached hydrogens (tertiary/aromatic N) is 2. The topological polar surface area (TPSA) is 66.1 Å². The average molecular weight is 384 g/mol. The van der Waals surface area contributed by atoms with E-state index in [2.05, 4.69) is 16.0 Å². The number of nitrogens with one attached hydrogen (secondary N) is 1. The Labute approximate surface area is 160 Å². The predicted molar refractivity (Wildman–Crippen MR) is 107 cm³/mol. The number of aromatic nitrogens is 2. The van der Waals surface area contributed by atoms with Gasteiger partial charge in [-0.2, -0.15) is 0 Å². The Hall–Kier alpha value is -2.18. The third-order valence-electron chi connectivity index (χ3n) is 5.28. The lowest BCUT2D eigenvalue weighted by Crippen LogP contribution is -2.35. The van der Waals surface area contributed by atoms with Crippen molar-refractivity contribution >= 4 is 20.9 Å². The number of sulfone groups is 1. The van der Waals surface area contributed by atoms with Crippen LogP contribution >= 0.6 is 0 Å². The van der Waals surface area contributed by atoms with Crippen molar-refractivity contribution in [2.75, 3.05) is 19.3 Å². The summed E-state index contributed by atoms with van der Waals surface area (Å²) in [4.78, 5) is 11.0. The molecule has 0 radical (unpaired) electrons. The maximum Gasteiger partial charge on any atom is 0.175 e. The van der Waals surface area contributed by atoms with Crippen molar-refractivity contribution in [2.45, 2.75) is 30.7 Å². The summed E-state index contributed by atoms with van der Waals surface area (Å²) < 4.78 is 23.2. The van der Waals surface area contributed by atoms with Gasteiger partial charge in [0.15, 0.2) is 9.84 Å². The molecule has 4 rings (SSSR count). The third-order valence-corrected chi connectivity index (χ3v) is 6.41. The minimum atomic E-state index is -3.13. The van der Waals surface area contributed by atoms with Crippen LogP contribution in [0.1, 0.15) is 24.2 Å². The second-order valence-corrected chi connectivity index (χ2v) is 9.58. The highest BCUT2D eigenvalue weighted by atomic mass is 32.2. The molecule has 2 heterocycles. The predicted octanol–water partition coefficient (Wildman–Crippen LogP) is 3.42. The van der Waals surface area contributed by atoms with Gasteiger partial charge in [0.1, 0.15) is 5.82 Å². The number of likely N-dealkylation sites (tertiary alicyclic amines) is 1. The van der Waals surface area contributed by atoms with Gasteiger partial charge in [0.25, 0.3) is 0 Å². The van der Waals surface area contributed by atoms with Gasteiger partial charge in [0.2, 0.25) is 0 Å². The highest BCUT2D eigenvalue weighted by Gasteiger charge is 2.21. The Kier molecular flexibility index (Phi) is 5.02. The molecule has 3 aromatic rings. The van der Waals surface area contributed by atoms with Gasteiger partial charge >= 0.3 is 0 Å². The van der Waals surface area contributed by atoms with E-state index in [1.165, 1.54) is 19.1 Å². The molecule has 1 saturated heterocycles. The number of fused-ring (bicyclic) bond motifs is 1. The Morgan fingerprint density at radius 2 is 1.93 bits per heavy atom. The summed E-state index contributed by atoms with van der Waals surface area (Å²) in [6.07, 6.45) is 4.63. The first kappa shape index (κ1) is 18.2. The lowest BCUT2D eigenvalue weighted by Gasteiger charge is -2.32. The van der Waals surface area contributed by atoms with Gasteiger partial charge in [-0.3, -0.25) is 4.90 Å². The first-order valence-corrected chi connectivity index (χ1v) is 11.3. The zero-order valence-corrected chi connectivity index (χ0v) is 16.4. The first-order chi connectivity index (χ1) is 13.0. The Morgan fingerprint density at radius 3 is 2.67 bits per heavy atom.